The molecule has 0 N–H and O–H groups in total. The second-order valence-corrected chi connectivity index (χ2v) is 4.57. The van der Waals surface area contributed by atoms with Crippen LogP contribution in [-0.4, -0.2) is 4.57 Å². The van der Waals surface area contributed by atoms with Crippen molar-refractivity contribution in [1.82, 2.24) is 4.57 Å². The normalized spacial score (nSPS) is 11.5. The van der Waals surface area contributed by atoms with Gasteiger partial charge in [0.25, 0.3) is 0 Å². The maximum Gasteiger partial charge on any atom is 0.0512 e. The van der Waals surface area contributed by atoms with Crippen LogP contribution in [0.3, 0.4) is 0 Å². The highest BCUT2D eigenvalue weighted by molar-refractivity contribution is 5.83. The van der Waals surface area contributed by atoms with Crippen LogP contribution in [0.15, 0.2) is 30.5 Å². The van der Waals surface area contributed by atoms with Gasteiger partial charge in [0.05, 0.1) is 5.52 Å². The highest BCUT2D eigenvalue weighted by atomic mass is 15.0. The number of para-hydroxylation sites is 1. The number of rotatable bonds is 3. The molecule has 0 saturated carbocycles. The maximum absolute atomic E-state index is 2.39. The quantitative estimate of drug-likeness (QED) is 0.710. The Hall–Kier alpha value is -1.24. The van der Waals surface area contributed by atoms with Crippen molar-refractivity contribution in [3.05, 3.63) is 36.0 Å². The molecule has 80 valence electrons. The third-order valence-corrected chi connectivity index (χ3v) is 2.81. The van der Waals surface area contributed by atoms with E-state index in [9.17, 15) is 0 Å². The first kappa shape index (κ1) is 10.3. The summed E-state index contributed by atoms with van der Waals surface area (Å²) in [5.41, 5.74) is 2.88. The van der Waals surface area contributed by atoms with Gasteiger partial charge in [-0.3, -0.25) is 0 Å². The summed E-state index contributed by atoms with van der Waals surface area (Å²) in [4.78, 5) is 0. The summed E-state index contributed by atoms with van der Waals surface area (Å²) in [5, 5.41) is 1.37. The van der Waals surface area contributed by atoms with E-state index in [1.807, 2.05) is 0 Å². The van der Waals surface area contributed by atoms with Gasteiger partial charge in [-0.1, -0.05) is 39.0 Å². The molecule has 0 atom stereocenters. The summed E-state index contributed by atoms with van der Waals surface area (Å²) in [6, 6.07) is 8.81. The average Bonchev–Trinajstić information content (AvgIpc) is 2.61. The van der Waals surface area contributed by atoms with Gasteiger partial charge in [0.1, 0.15) is 0 Å². The van der Waals surface area contributed by atoms with Crippen molar-refractivity contribution >= 4 is 10.9 Å². The zero-order valence-corrected chi connectivity index (χ0v) is 9.83. The minimum Gasteiger partial charge on any atom is -0.347 e. The van der Waals surface area contributed by atoms with Gasteiger partial charge in [-0.2, -0.15) is 0 Å². The molecule has 0 aliphatic carbocycles. The van der Waals surface area contributed by atoms with Crippen LogP contribution in [0.25, 0.3) is 10.9 Å². The lowest BCUT2D eigenvalue weighted by Gasteiger charge is -2.10. The monoisotopic (exact) mass is 201 g/mol. The topological polar surface area (TPSA) is 4.93 Å². The minimum atomic E-state index is 0.700. The van der Waals surface area contributed by atoms with Crippen molar-refractivity contribution in [1.29, 1.82) is 0 Å². The molecule has 1 aromatic heterocycles. The Morgan fingerprint density at radius 3 is 2.67 bits per heavy atom. The summed E-state index contributed by atoms with van der Waals surface area (Å²) < 4.78 is 2.39. The zero-order chi connectivity index (χ0) is 10.8. The molecule has 0 saturated heterocycles. The van der Waals surface area contributed by atoms with Crippen molar-refractivity contribution in [3.63, 3.8) is 0 Å². The maximum atomic E-state index is 2.39. The zero-order valence-electron chi connectivity index (χ0n) is 9.83. The molecule has 0 aliphatic heterocycles. The van der Waals surface area contributed by atoms with Crippen molar-refractivity contribution in [3.8, 4) is 0 Å². The largest absolute Gasteiger partial charge is 0.347 e. The second-order valence-electron chi connectivity index (χ2n) is 4.57. The van der Waals surface area contributed by atoms with Gasteiger partial charge in [0, 0.05) is 12.7 Å². The molecular formula is C14H19N. The van der Waals surface area contributed by atoms with Crippen LogP contribution in [0.5, 0.6) is 0 Å². The number of hydrogen-bond donors (Lipinski definition) is 0. The third-order valence-electron chi connectivity index (χ3n) is 2.81. The molecule has 0 amide bonds. The molecule has 0 radical (unpaired) electrons. The van der Waals surface area contributed by atoms with Crippen LogP contribution in [0.4, 0.5) is 0 Å². The lowest BCUT2D eigenvalue weighted by molar-refractivity contribution is 0.534. The lowest BCUT2D eigenvalue weighted by atomic mass is 10.1. The molecule has 1 heteroatoms. The van der Waals surface area contributed by atoms with Crippen molar-refractivity contribution < 1.29 is 0 Å². The molecule has 1 heterocycles. The number of hydrogen-bond acceptors (Lipinski definition) is 0. The minimum absolute atomic E-state index is 0.700. The molecule has 2 rings (SSSR count). The predicted octanol–water partition coefficient (Wildman–Crippen LogP) is 3.86. The Balaban J connectivity index is 2.55. The highest BCUT2D eigenvalue weighted by Gasteiger charge is 2.05. The Kier molecular flexibility index (Phi) is 2.81. The van der Waals surface area contributed by atoms with E-state index in [0.717, 1.165) is 13.0 Å². The molecule has 0 unspecified atom stereocenters. The number of benzene rings is 1. The van der Waals surface area contributed by atoms with Gasteiger partial charge in [-0.15, -0.1) is 0 Å². The predicted molar refractivity (Wildman–Crippen MR) is 66.2 cm³/mol. The van der Waals surface area contributed by atoms with Crippen LogP contribution in [0.1, 0.15) is 26.3 Å². The van der Waals surface area contributed by atoms with Crippen LogP contribution in [0, 0.1) is 5.92 Å². The number of aryl methyl sites for hydroxylation is 1. The van der Waals surface area contributed by atoms with E-state index in [-0.39, 0.29) is 0 Å². The molecule has 15 heavy (non-hydrogen) atoms. The van der Waals surface area contributed by atoms with Gasteiger partial charge in [0.2, 0.25) is 0 Å². The Labute approximate surface area is 91.7 Å². The standard InChI is InChI=1S/C14H19N/c1-4-12-6-5-7-13-8-9-15(14(12)13)10-11(2)3/h5-9,11H,4,10H2,1-3H3. The molecule has 0 bridgehead atoms. The number of aromatic nitrogens is 1. The van der Waals surface area contributed by atoms with E-state index in [2.05, 4.69) is 55.8 Å². The molecule has 0 aliphatic rings. The van der Waals surface area contributed by atoms with Crippen LogP contribution >= 0.6 is 0 Å². The van der Waals surface area contributed by atoms with E-state index in [1.54, 1.807) is 0 Å². The molecule has 0 spiro atoms. The first-order chi connectivity index (χ1) is 7.22. The Morgan fingerprint density at radius 1 is 1.20 bits per heavy atom. The summed E-state index contributed by atoms with van der Waals surface area (Å²) in [6.45, 7) is 7.86. The van der Waals surface area contributed by atoms with Crippen LogP contribution < -0.4 is 0 Å². The smallest absolute Gasteiger partial charge is 0.0512 e. The fraction of sp³-hybridized carbons (Fsp3) is 0.429. The fourth-order valence-electron chi connectivity index (χ4n) is 2.17. The molecule has 1 aromatic carbocycles. The number of fused-ring (bicyclic) bond motifs is 1. The summed E-state index contributed by atoms with van der Waals surface area (Å²) in [5.74, 6) is 0.700. The van der Waals surface area contributed by atoms with Crippen molar-refractivity contribution in [2.45, 2.75) is 33.7 Å². The van der Waals surface area contributed by atoms with Crippen LogP contribution in [-0.2, 0) is 13.0 Å². The fourth-order valence-corrected chi connectivity index (χ4v) is 2.17. The van der Waals surface area contributed by atoms with E-state index >= 15 is 0 Å². The first-order valence-corrected chi connectivity index (χ1v) is 5.79. The number of nitrogens with zero attached hydrogens (tertiary/aromatic N) is 1. The Bertz CT molecular complexity index is 451. The van der Waals surface area contributed by atoms with Crippen molar-refractivity contribution in [2.75, 3.05) is 0 Å². The van der Waals surface area contributed by atoms with Crippen molar-refractivity contribution in [2.24, 2.45) is 5.92 Å². The van der Waals surface area contributed by atoms with Crippen LogP contribution in [0.2, 0.25) is 0 Å². The van der Waals surface area contributed by atoms with E-state index in [0.29, 0.717) is 5.92 Å². The highest BCUT2D eigenvalue weighted by Crippen LogP contribution is 2.21. The van der Waals surface area contributed by atoms with E-state index in [1.165, 1.54) is 16.5 Å². The van der Waals surface area contributed by atoms with Gasteiger partial charge < -0.3 is 4.57 Å². The molecule has 2 aromatic rings. The van der Waals surface area contributed by atoms with Gasteiger partial charge >= 0.3 is 0 Å². The Morgan fingerprint density at radius 2 is 2.00 bits per heavy atom. The van der Waals surface area contributed by atoms with Gasteiger partial charge in [-0.05, 0) is 29.4 Å². The van der Waals surface area contributed by atoms with E-state index in [4.69, 9.17) is 0 Å². The summed E-state index contributed by atoms with van der Waals surface area (Å²) in [7, 11) is 0. The van der Waals surface area contributed by atoms with E-state index < -0.39 is 0 Å². The summed E-state index contributed by atoms with van der Waals surface area (Å²) >= 11 is 0. The molecular weight excluding hydrogens is 182 g/mol. The average molecular weight is 201 g/mol. The van der Waals surface area contributed by atoms with Gasteiger partial charge in [0.15, 0.2) is 0 Å². The first-order valence-electron chi connectivity index (χ1n) is 5.79. The third kappa shape index (κ3) is 1.92. The molecule has 1 nitrogen and oxygen atoms in total. The molecule has 0 fully saturated rings. The second kappa shape index (κ2) is 4.09. The van der Waals surface area contributed by atoms with Gasteiger partial charge in [-0.25, -0.2) is 0 Å². The summed E-state index contributed by atoms with van der Waals surface area (Å²) in [6.07, 6.45) is 3.32. The lowest BCUT2D eigenvalue weighted by Crippen LogP contribution is -2.03. The SMILES string of the molecule is CCc1cccc2ccn(CC(C)C)c12.